The molecule has 26 rings (SSSR count). The molecule has 20 aromatic carbocycles. The zero-order valence-corrected chi connectivity index (χ0v) is 78.9. The molecule has 2 heterocycles. The molecule has 0 atom stereocenters. The Bertz CT molecular complexity index is 8680. The highest BCUT2D eigenvalue weighted by molar-refractivity contribution is 7.26. The van der Waals surface area contributed by atoms with Gasteiger partial charge in [0.1, 0.15) is 0 Å². The van der Waals surface area contributed by atoms with Crippen LogP contribution in [0, 0.1) is 0 Å². The van der Waals surface area contributed by atoms with Gasteiger partial charge < -0.3 is 9.80 Å². The number of hydrogen-bond acceptors (Lipinski definition) is 4. The van der Waals surface area contributed by atoms with Crippen LogP contribution in [0.25, 0.3) is 185 Å². The second kappa shape index (κ2) is 31.0. The van der Waals surface area contributed by atoms with Gasteiger partial charge in [0.05, 0.1) is 0 Å². The molecule has 0 spiro atoms. The molecule has 0 unspecified atom stereocenters. The zero-order valence-electron chi connectivity index (χ0n) is 77.3. The predicted octanol–water partition coefficient (Wildman–Crippen LogP) is 37.6. The summed E-state index contributed by atoms with van der Waals surface area (Å²) in [4.78, 5) is 4.99. The van der Waals surface area contributed by atoms with Crippen molar-refractivity contribution in [3.63, 3.8) is 0 Å². The summed E-state index contributed by atoms with van der Waals surface area (Å²) < 4.78 is 5.31. The van der Waals surface area contributed by atoms with Crippen molar-refractivity contribution in [2.45, 2.75) is 77.0 Å². The zero-order chi connectivity index (χ0) is 91.2. The van der Waals surface area contributed by atoms with Crippen molar-refractivity contribution in [1.82, 2.24) is 0 Å². The Morgan fingerprint density at radius 2 is 0.331 bits per heavy atom. The van der Waals surface area contributed by atoms with Crippen LogP contribution >= 0.6 is 22.7 Å². The van der Waals surface area contributed by atoms with E-state index in [9.17, 15) is 0 Å². The molecule has 0 saturated heterocycles. The monoisotopic (exact) mass is 1770 g/mol. The third-order valence-electron chi connectivity index (χ3n) is 30.7. The smallest absolute Gasteiger partial charge is 0.0465 e. The van der Waals surface area contributed by atoms with Crippen LogP contribution in [0.2, 0.25) is 0 Å². The van der Waals surface area contributed by atoms with Gasteiger partial charge in [0, 0.05) is 96.1 Å². The maximum Gasteiger partial charge on any atom is 0.0465 e. The van der Waals surface area contributed by atoms with Crippen molar-refractivity contribution >= 4 is 97.1 Å². The van der Waals surface area contributed by atoms with E-state index >= 15 is 0 Å². The van der Waals surface area contributed by atoms with E-state index in [4.69, 9.17) is 0 Å². The molecule has 0 radical (unpaired) electrons. The topological polar surface area (TPSA) is 6.48 Å². The van der Waals surface area contributed by atoms with Gasteiger partial charge in [0.2, 0.25) is 0 Å². The Kier molecular flexibility index (Phi) is 18.5. The number of rotatable bonds is 15. The minimum absolute atomic E-state index is 0.236. The third-order valence-corrected chi connectivity index (χ3v) is 33.0. The summed E-state index contributed by atoms with van der Waals surface area (Å²) in [6.07, 6.45) is 0. The molecule has 0 saturated carbocycles. The van der Waals surface area contributed by atoms with E-state index in [-0.39, 0.29) is 21.7 Å². The number of thiophene rings is 2. The maximum atomic E-state index is 2.49. The fourth-order valence-corrected chi connectivity index (χ4v) is 25.4. The van der Waals surface area contributed by atoms with Crippen LogP contribution in [0.1, 0.15) is 99.9 Å². The summed E-state index contributed by atoms with van der Waals surface area (Å²) in [5, 5.41) is 5.30. The molecular formula is C132H96N2S2. The molecule has 22 aromatic rings. The summed E-state index contributed by atoms with van der Waals surface area (Å²) in [5.74, 6) is 0. The Morgan fingerprint density at radius 1 is 0.140 bits per heavy atom. The second-order valence-electron chi connectivity index (χ2n) is 39.9. The lowest BCUT2D eigenvalue weighted by molar-refractivity contribution is 0.660. The van der Waals surface area contributed by atoms with Crippen LogP contribution in [0.4, 0.5) is 34.1 Å². The fourth-order valence-electron chi connectivity index (χ4n) is 23.2. The lowest BCUT2D eigenvalue weighted by Gasteiger charge is -2.30. The summed E-state index contributed by atoms with van der Waals surface area (Å²) in [7, 11) is 0. The molecule has 0 fully saturated rings. The lowest BCUT2D eigenvalue weighted by Crippen LogP contribution is -2.18. The first-order chi connectivity index (χ1) is 66.3. The van der Waals surface area contributed by atoms with E-state index in [2.05, 4.69) is 502 Å². The Balaban J connectivity index is 0.475. The minimum atomic E-state index is -0.297. The molecule has 2 aromatic heterocycles. The highest BCUT2D eigenvalue weighted by atomic mass is 32.1. The van der Waals surface area contributed by atoms with Crippen LogP contribution in [-0.2, 0) is 21.7 Å². The summed E-state index contributed by atoms with van der Waals surface area (Å²) in [5.41, 5.74) is 48.6. The molecule has 4 aliphatic rings. The van der Waals surface area contributed by atoms with Gasteiger partial charge in [-0.05, 0) is 335 Å². The number of benzene rings is 20. The van der Waals surface area contributed by atoms with Gasteiger partial charge in [-0.25, -0.2) is 0 Å². The van der Waals surface area contributed by atoms with Crippen molar-refractivity contribution < 1.29 is 0 Å². The average Bonchev–Trinajstić information content (AvgIpc) is 1.57. The van der Waals surface area contributed by atoms with Gasteiger partial charge in [-0.3, -0.25) is 0 Å². The fraction of sp³-hybridized carbons (Fsp3) is 0.0909. The number of nitrogens with zero attached hydrogens (tertiary/aromatic N) is 2. The standard InChI is InChI=1S/C132H96N2S2/c1-129(2)117-73-95(82-23-13-10-14-24-82)45-59-105(117)109-63-55-101(77-121(109)129)133(102-57-65-111-107-61-47-97(75-119(107)131(5,6)123(111)79-102)93-49-67-127-115(71-93)113-29-15-17-31-125(113)135-127)99-51-41-84(42-52-99)83-33-35-85(36-34-83)90-26-20-27-91(70-90)86-37-39-87(40-38-86)96-46-60-106-110-64-56-103(78-122(110)130(3,4)118(106)74-96)134(100-53-43-88(44-54-100)92-28-19-25-89(69-92)81-21-11-9-12-22-81)104-58-66-112-108-62-48-98(76-120(108)132(7,8)124(112)80-104)94-50-68-128-116(72-94)114-30-16-18-32-126(114)136-128/h9-80H,1-8H3. The SMILES string of the molecule is CC1(C)c2cc(-c3ccccc3)ccc2-c2ccc(N(c3ccc(-c4ccc(-c5cccc(-c6ccc(-c7ccc8c(c7)C(C)(C)c7cc(N(c9ccc(-c%10cccc(-c%11ccccc%11)c%10)cc9)c9ccc%10c(c9)C(C)(C)c9cc(-c%11ccc%12sc%13ccccc%13c%12c%11)ccc9-%10)ccc7-8)cc6)c5)cc4)cc3)c3ccc4c(c3)C(C)(C)c3cc(-c5ccc6sc7ccccc7c6c5)ccc3-4)cc21. The molecule has 0 aliphatic heterocycles. The summed E-state index contributed by atoms with van der Waals surface area (Å²) in [6, 6.07) is 165. The normalized spacial score (nSPS) is 14.0. The van der Waals surface area contributed by atoms with Gasteiger partial charge in [0.25, 0.3) is 0 Å². The van der Waals surface area contributed by atoms with E-state index in [0.29, 0.717) is 0 Å². The van der Waals surface area contributed by atoms with Crippen LogP contribution in [-0.4, -0.2) is 0 Å². The van der Waals surface area contributed by atoms with E-state index in [1.165, 1.54) is 230 Å². The minimum Gasteiger partial charge on any atom is -0.310 e. The van der Waals surface area contributed by atoms with E-state index in [1.54, 1.807) is 0 Å². The van der Waals surface area contributed by atoms with Crippen LogP contribution in [0.15, 0.2) is 437 Å². The molecule has 136 heavy (non-hydrogen) atoms. The Morgan fingerprint density at radius 3 is 0.632 bits per heavy atom. The van der Waals surface area contributed by atoms with Crippen LogP contribution in [0.3, 0.4) is 0 Å². The van der Waals surface area contributed by atoms with Crippen molar-refractivity contribution in [1.29, 1.82) is 0 Å². The summed E-state index contributed by atoms with van der Waals surface area (Å²) >= 11 is 3.75. The van der Waals surface area contributed by atoms with Gasteiger partial charge in [-0.1, -0.05) is 347 Å². The quantitative estimate of drug-likeness (QED) is 0.101. The molecular weight excluding hydrogens is 1680 g/mol. The molecule has 4 heteroatoms. The van der Waals surface area contributed by atoms with Crippen LogP contribution in [0.5, 0.6) is 0 Å². The lowest BCUT2D eigenvalue weighted by atomic mass is 9.81. The first-order valence-electron chi connectivity index (χ1n) is 47.7. The second-order valence-corrected chi connectivity index (χ2v) is 42.1. The molecule has 0 N–H and O–H groups in total. The molecule has 0 bridgehead atoms. The molecule has 4 aliphatic carbocycles. The Hall–Kier alpha value is -15.6. The number of hydrogen-bond donors (Lipinski definition) is 0. The van der Waals surface area contributed by atoms with Gasteiger partial charge in [0.15, 0.2) is 0 Å². The van der Waals surface area contributed by atoms with E-state index in [1.807, 2.05) is 22.7 Å². The van der Waals surface area contributed by atoms with E-state index in [0.717, 1.165) is 34.1 Å². The number of anilines is 6. The van der Waals surface area contributed by atoms with Gasteiger partial charge in [-0.15, -0.1) is 22.7 Å². The molecule has 646 valence electrons. The number of fused-ring (bicyclic) bond motifs is 18. The molecule has 2 nitrogen and oxygen atoms in total. The van der Waals surface area contributed by atoms with Crippen molar-refractivity contribution in [3.05, 3.63) is 481 Å². The summed E-state index contributed by atoms with van der Waals surface area (Å²) in [6.45, 7) is 19.3. The van der Waals surface area contributed by atoms with Crippen LogP contribution < -0.4 is 9.80 Å². The largest absolute Gasteiger partial charge is 0.310 e. The maximum absolute atomic E-state index is 2.49. The van der Waals surface area contributed by atoms with E-state index < -0.39 is 0 Å². The highest BCUT2D eigenvalue weighted by Gasteiger charge is 2.42. The Labute approximate surface area is 803 Å². The van der Waals surface area contributed by atoms with Gasteiger partial charge >= 0.3 is 0 Å². The van der Waals surface area contributed by atoms with Crippen molar-refractivity contribution in [2.75, 3.05) is 9.80 Å². The highest BCUT2D eigenvalue weighted by Crippen LogP contribution is 2.59. The first-order valence-corrected chi connectivity index (χ1v) is 49.3. The molecule has 0 amide bonds. The van der Waals surface area contributed by atoms with Crippen molar-refractivity contribution in [2.24, 2.45) is 0 Å². The first kappa shape index (κ1) is 81.2. The third kappa shape index (κ3) is 13.2. The van der Waals surface area contributed by atoms with Crippen molar-refractivity contribution in [3.8, 4) is 145 Å². The average molecular weight is 1770 g/mol. The predicted molar refractivity (Wildman–Crippen MR) is 581 cm³/mol. The van der Waals surface area contributed by atoms with Gasteiger partial charge in [-0.2, -0.15) is 0 Å².